The molecule has 1 aliphatic heterocycles. The Bertz CT molecular complexity index is 1430. The first-order valence-corrected chi connectivity index (χ1v) is 15.8. The van der Waals surface area contributed by atoms with Gasteiger partial charge in [-0.3, -0.25) is 0 Å². The van der Waals surface area contributed by atoms with E-state index in [1.54, 1.807) is 0 Å². The molecule has 0 radical (unpaired) electrons. The Morgan fingerprint density at radius 3 is 1.02 bits per heavy atom. The second-order valence-corrected chi connectivity index (χ2v) is 11.9. The molecule has 1 aliphatic carbocycles. The van der Waals surface area contributed by atoms with Gasteiger partial charge in [0.15, 0.2) is 0 Å². The summed E-state index contributed by atoms with van der Waals surface area (Å²) >= 11 is 0. The molecule has 236 valence electrons. The molecule has 0 aromatic heterocycles. The Labute approximate surface area is 265 Å². The van der Waals surface area contributed by atoms with E-state index in [4.69, 9.17) is 23.7 Å². The van der Waals surface area contributed by atoms with E-state index in [1.165, 1.54) is 0 Å². The molecule has 0 saturated carbocycles. The predicted molar refractivity (Wildman–Crippen MR) is 173 cm³/mol. The van der Waals surface area contributed by atoms with Gasteiger partial charge in [0, 0.05) is 25.7 Å². The summed E-state index contributed by atoms with van der Waals surface area (Å²) in [6, 6.07) is 20.4. The third-order valence-electron chi connectivity index (χ3n) is 8.40. The van der Waals surface area contributed by atoms with Gasteiger partial charge in [0.1, 0.15) is 36.2 Å². The molecule has 10 bridgehead atoms. The van der Waals surface area contributed by atoms with Crippen molar-refractivity contribution in [3.8, 4) is 23.0 Å². The van der Waals surface area contributed by atoms with Crippen molar-refractivity contribution in [2.75, 3.05) is 52.9 Å². The summed E-state index contributed by atoms with van der Waals surface area (Å²) in [5.41, 5.74) is 9.36. The van der Waals surface area contributed by atoms with E-state index in [9.17, 15) is 10.2 Å². The summed E-state index contributed by atoms with van der Waals surface area (Å²) in [6.45, 7) is 7.53. The molecule has 4 aromatic rings. The molecule has 4 aromatic carbocycles. The molecule has 0 fully saturated rings. The number of benzene rings is 4. The molecular weight excluding hydrogens is 568 g/mol. The van der Waals surface area contributed by atoms with Crippen LogP contribution in [0.4, 0.5) is 0 Å². The first kappa shape index (κ1) is 31.0. The molecule has 0 spiro atoms. The summed E-state index contributed by atoms with van der Waals surface area (Å²) in [4.78, 5) is 0. The van der Waals surface area contributed by atoms with Crippen LogP contribution in [0.2, 0.25) is 0 Å². The van der Waals surface area contributed by atoms with Crippen molar-refractivity contribution in [3.63, 3.8) is 0 Å². The maximum absolute atomic E-state index is 11.7. The zero-order valence-electron chi connectivity index (χ0n) is 26.2. The maximum atomic E-state index is 11.7. The molecule has 0 atom stereocenters. The second kappa shape index (κ2) is 14.4. The Morgan fingerprint density at radius 1 is 0.422 bits per heavy atom. The van der Waals surface area contributed by atoms with Crippen molar-refractivity contribution in [1.82, 2.24) is 0 Å². The maximum Gasteiger partial charge on any atom is 0.126 e. The van der Waals surface area contributed by atoms with Crippen molar-refractivity contribution in [3.05, 3.63) is 116 Å². The highest BCUT2D eigenvalue weighted by Gasteiger charge is 2.21. The first-order chi connectivity index (χ1) is 22.0. The van der Waals surface area contributed by atoms with Crippen molar-refractivity contribution < 1.29 is 33.9 Å². The van der Waals surface area contributed by atoms with Crippen molar-refractivity contribution in [2.45, 2.75) is 39.5 Å². The molecule has 1 heterocycles. The molecule has 6 rings (SSSR count). The predicted octanol–water partition coefficient (Wildman–Crippen LogP) is 6.21. The van der Waals surface area contributed by atoms with Gasteiger partial charge in [0.25, 0.3) is 0 Å². The lowest BCUT2D eigenvalue weighted by Gasteiger charge is -2.21. The van der Waals surface area contributed by atoms with E-state index in [0.717, 1.165) is 67.1 Å². The fourth-order valence-electron chi connectivity index (χ4n) is 6.38. The number of para-hydroxylation sites is 2. The Balaban J connectivity index is 1.53. The number of phenolic OH excluding ortho intramolecular Hbond substituents is 2. The van der Waals surface area contributed by atoms with Gasteiger partial charge in [-0.1, -0.05) is 71.8 Å². The smallest absolute Gasteiger partial charge is 0.126 e. The summed E-state index contributed by atoms with van der Waals surface area (Å²) < 4.78 is 30.1. The van der Waals surface area contributed by atoms with Crippen molar-refractivity contribution in [1.29, 1.82) is 0 Å². The van der Waals surface area contributed by atoms with Gasteiger partial charge in [-0.15, -0.1) is 0 Å². The fourth-order valence-corrected chi connectivity index (χ4v) is 6.38. The number of ether oxygens (including phenoxy) is 5. The molecule has 7 nitrogen and oxygen atoms in total. The average Bonchev–Trinajstić information content (AvgIpc) is 3.01. The standard InChI is InChI=1S/C38H42O7/c1-25-17-31-21-27-5-3-7-29-23-33-19-26(2)20-34(36(33)40)24-30-8-4-6-28(22-32(18-25)35(31)39)38(30)45-16-14-43-12-10-41-9-11-42-13-15-44-37(27)29/h3-8,17-20,39-40H,9-16,21-24H2,1-2H3. The minimum Gasteiger partial charge on any atom is -0.507 e. The number of aryl methyl sites for hydroxylation is 2. The third kappa shape index (κ3) is 7.44. The highest BCUT2D eigenvalue weighted by molar-refractivity contribution is 5.56. The number of aromatic hydroxyl groups is 2. The molecule has 2 aliphatic rings. The minimum absolute atomic E-state index is 0.285. The van der Waals surface area contributed by atoms with Crippen LogP contribution in [0.3, 0.4) is 0 Å². The average molecular weight is 611 g/mol. The largest absolute Gasteiger partial charge is 0.507 e. The fraction of sp³-hybridized carbons (Fsp3) is 0.368. The SMILES string of the molecule is Cc1cc2c(O)c(c1)Cc1cccc3c1OCCOCCOCCOCCOc1c(cccc1Cc1cc(C)cc(c1O)C3)C2. The van der Waals surface area contributed by atoms with Crippen LogP contribution in [0, 0.1) is 13.8 Å². The lowest BCUT2D eigenvalue weighted by atomic mass is 9.90. The number of fused-ring (bicyclic) bond motifs is 2. The van der Waals surface area contributed by atoms with Crippen molar-refractivity contribution in [2.24, 2.45) is 0 Å². The highest BCUT2D eigenvalue weighted by atomic mass is 16.6. The summed E-state index contributed by atoms with van der Waals surface area (Å²) in [7, 11) is 0. The van der Waals surface area contributed by atoms with Crippen LogP contribution in [0.5, 0.6) is 23.0 Å². The van der Waals surface area contributed by atoms with E-state index in [0.29, 0.717) is 78.5 Å². The second-order valence-electron chi connectivity index (χ2n) is 11.9. The topological polar surface area (TPSA) is 86.6 Å². The van der Waals surface area contributed by atoms with Gasteiger partial charge < -0.3 is 33.9 Å². The molecule has 2 N–H and O–H groups in total. The molecule has 7 heteroatoms. The van der Waals surface area contributed by atoms with Crippen LogP contribution in [0.15, 0.2) is 60.7 Å². The summed E-state index contributed by atoms with van der Waals surface area (Å²) in [5.74, 6) is 2.09. The molecule has 45 heavy (non-hydrogen) atoms. The molecule has 0 unspecified atom stereocenters. The van der Waals surface area contributed by atoms with Crippen LogP contribution in [0.25, 0.3) is 0 Å². The number of phenols is 2. The van der Waals surface area contributed by atoms with Gasteiger partial charge in [0.2, 0.25) is 0 Å². The van der Waals surface area contributed by atoms with E-state index in [2.05, 4.69) is 38.1 Å². The zero-order chi connectivity index (χ0) is 31.2. The van der Waals surface area contributed by atoms with Gasteiger partial charge in [0.05, 0.1) is 39.6 Å². The van der Waals surface area contributed by atoms with E-state index < -0.39 is 0 Å². The Morgan fingerprint density at radius 2 is 0.711 bits per heavy atom. The van der Waals surface area contributed by atoms with Crippen LogP contribution in [-0.4, -0.2) is 63.1 Å². The Kier molecular flexibility index (Phi) is 9.89. The van der Waals surface area contributed by atoms with Gasteiger partial charge >= 0.3 is 0 Å². The van der Waals surface area contributed by atoms with Gasteiger partial charge in [-0.2, -0.15) is 0 Å². The Hall–Kier alpha value is -4.04. The third-order valence-corrected chi connectivity index (χ3v) is 8.40. The van der Waals surface area contributed by atoms with Crippen LogP contribution < -0.4 is 9.47 Å². The zero-order valence-corrected chi connectivity index (χ0v) is 26.2. The lowest BCUT2D eigenvalue weighted by Crippen LogP contribution is -2.15. The van der Waals surface area contributed by atoms with E-state index in [-0.39, 0.29) is 11.5 Å². The quantitative estimate of drug-likeness (QED) is 0.216. The van der Waals surface area contributed by atoms with Crippen LogP contribution in [-0.2, 0) is 39.9 Å². The molecule has 0 saturated heterocycles. The van der Waals surface area contributed by atoms with Gasteiger partial charge in [-0.25, -0.2) is 0 Å². The molecule has 0 amide bonds. The summed E-state index contributed by atoms with van der Waals surface area (Å²) in [6.07, 6.45) is 1.96. The number of hydrogen-bond donors (Lipinski definition) is 2. The molecular formula is C38H42O7. The normalized spacial score (nSPS) is 16.3. The monoisotopic (exact) mass is 610 g/mol. The van der Waals surface area contributed by atoms with Gasteiger partial charge in [-0.05, 0) is 58.4 Å². The van der Waals surface area contributed by atoms with Crippen LogP contribution >= 0.6 is 0 Å². The lowest BCUT2D eigenvalue weighted by molar-refractivity contribution is 0.00484. The van der Waals surface area contributed by atoms with E-state index in [1.807, 2.05) is 36.4 Å². The minimum atomic E-state index is 0.285. The number of hydrogen-bond acceptors (Lipinski definition) is 7. The first-order valence-electron chi connectivity index (χ1n) is 15.8. The highest BCUT2D eigenvalue weighted by Crippen LogP contribution is 2.38. The van der Waals surface area contributed by atoms with E-state index >= 15 is 0 Å². The van der Waals surface area contributed by atoms with Crippen LogP contribution in [0.1, 0.15) is 55.6 Å². The van der Waals surface area contributed by atoms with Crippen molar-refractivity contribution >= 4 is 0 Å². The number of rotatable bonds is 0. The summed E-state index contributed by atoms with van der Waals surface area (Å²) in [5, 5.41) is 23.3.